The number of carbonyl (C=O) groups excluding carboxylic acids is 1. The SMILES string of the molecule is CCC1CCCCCN1C(=O)Nc1cccc(C(=O)O)c1. The van der Waals surface area contributed by atoms with Crippen LogP contribution in [0, 0.1) is 0 Å². The number of urea groups is 1. The Balaban J connectivity index is 2.08. The summed E-state index contributed by atoms with van der Waals surface area (Å²) in [6.07, 6.45) is 5.34. The van der Waals surface area contributed by atoms with Crippen LogP contribution >= 0.6 is 0 Å². The lowest BCUT2D eigenvalue weighted by Gasteiger charge is -2.29. The number of aromatic carboxylic acids is 1. The molecule has 1 aliphatic heterocycles. The minimum Gasteiger partial charge on any atom is -0.478 e. The molecule has 1 aromatic rings. The van der Waals surface area contributed by atoms with Crippen LogP contribution < -0.4 is 5.32 Å². The lowest BCUT2D eigenvalue weighted by atomic mass is 10.1. The molecule has 1 saturated heterocycles. The van der Waals surface area contributed by atoms with Crippen LogP contribution in [0.4, 0.5) is 10.5 Å². The monoisotopic (exact) mass is 290 g/mol. The van der Waals surface area contributed by atoms with Gasteiger partial charge in [0.25, 0.3) is 0 Å². The fraction of sp³-hybridized carbons (Fsp3) is 0.500. The van der Waals surface area contributed by atoms with Crippen LogP contribution in [0.1, 0.15) is 49.4 Å². The Labute approximate surface area is 125 Å². The first kappa shape index (κ1) is 15.4. The predicted molar refractivity (Wildman–Crippen MR) is 81.7 cm³/mol. The molecule has 2 amide bonds. The number of hydrogen-bond acceptors (Lipinski definition) is 2. The highest BCUT2D eigenvalue weighted by atomic mass is 16.4. The molecule has 1 fully saturated rings. The lowest BCUT2D eigenvalue weighted by molar-refractivity contribution is 0.0697. The third-order valence-corrected chi connectivity index (χ3v) is 3.97. The highest BCUT2D eigenvalue weighted by Crippen LogP contribution is 2.20. The Morgan fingerprint density at radius 2 is 2.14 bits per heavy atom. The van der Waals surface area contributed by atoms with E-state index >= 15 is 0 Å². The van der Waals surface area contributed by atoms with Gasteiger partial charge in [0.05, 0.1) is 5.56 Å². The van der Waals surface area contributed by atoms with Gasteiger partial charge in [0.15, 0.2) is 0 Å². The minimum absolute atomic E-state index is 0.133. The van der Waals surface area contributed by atoms with E-state index in [9.17, 15) is 9.59 Å². The zero-order valence-corrected chi connectivity index (χ0v) is 12.3. The van der Waals surface area contributed by atoms with Crippen LogP contribution in [0.5, 0.6) is 0 Å². The summed E-state index contributed by atoms with van der Waals surface area (Å²) in [7, 11) is 0. The highest BCUT2D eigenvalue weighted by molar-refractivity contribution is 5.93. The van der Waals surface area contributed by atoms with Gasteiger partial charge in [0.2, 0.25) is 0 Å². The molecule has 0 aromatic heterocycles. The number of nitrogens with zero attached hydrogens (tertiary/aromatic N) is 1. The Bertz CT molecular complexity index is 516. The molecular weight excluding hydrogens is 268 g/mol. The van der Waals surface area contributed by atoms with E-state index in [1.165, 1.54) is 12.1 Å². The number of hydrogen-bond donors (Lipinski definition) is 2. The van der Waals surface area contributed by atoms with Gasteiger partial charge in [-0.15, -0.1) is 0 Å². The third kappa shape index (κ3) is 3.97. The van der Waals surface area contributed by atoms with E-state index < -0.39 is 5.97 Å². The zero-order chi connectivity index (χ0) is 15.2. The molecular formula is C16H22N2O3. The van der Waals surface area contributed by atoms with Gasteiger partial charge in [-0.2, -0.15) is 0 Å². The van der Waals surface area contributed by atoms with Crippen molar-refractivity contribution in [3.63, 3.8) is 0 Å². The molecule has 5 nitrogen and oxygen atoms in total. The number of carboxylic acids is 1. The van der Waals surface area contributed by atoms with Crippen molar-refractivity contribution in [2.24, 2.45) is 0 Å². The van der Waals surface area contributed by atoms with Crippen molar-refractivity contribution in [3.05, 3.63) is 29.8 Å². The van der Waals surface area contributed by atoms with Crippen LogP contribution in [0.15, 0.2) is 24.3 Å². The van der Waals surface area contributed by atoms with E-state index in [2.05, 4.69) is 12.2 Å². The smallest absolute Gasteiger partial charge is 0.335 e. The van der Waals surface area contributed by atoms with E-state index in [1.54, 1.807) is 12.1 Å². The maximum absolute atomic E-state index is 12.4. The zero-order valence-electron chi connectivity index (χ0n) is 12.3. The van der Waals surface area contributed by atoms with Crippen molar-refractivity contribution in [3.8, 4) is 0 Å². The number of amides is 2. The summed E-state index contributed by atoms with van der Waals surface area (Å²) < 4.78 is 0. The van der Waals surface area contributed by atoms with Crippen molar-refractivity contribution >= 4 is 17.7 Å². The number of benzene rings is 1. The molecule has 0 radical (unpaired) electrons. The Morgan fingerprint density at radius 1 is 1.33 bits per heavy atom. The van der Waals surface area contributed by atoms with Crippen molar-refractivity contribution in [2.45, 2.75) is 45.1 Å². The van der Waals surface area contributed by atoms with E-state index in [-0.39, 0.29) is 17.6 Å². The van der Waals surface area contributed by atoms with Gasteiger partial charge >= 0.3 is 12.0 Å². The summed E-state index contributed by atoms with van der Waals surface area (Å²) >= 11 is 0. The molecule has 5 heteroatoms. The number of rotatable bonds is 3. The standard InChI is InChI=1S/C16H22N2O3/c1-2-14-9-4-3-5-10-18(14)16(21)17-13-8-6-7-12(11-13)15(19)20/h6-8,11,14H,2-5,9-10H2,1H3,(H,17,21)(H,19,20). The van der Waals surface area contributed by atoms with E-state index in [0.717, 1.165) is 38.6 Å². The second-order valence-electron chi connectivity index (χ2n) is 5.42. The maximum atomic E-state index is 12.4. The molecule has 1 aliphatic rings. The van der Waals surface area contributed by atoms with Gasteiger partial charge in [-0.3, -0.25) is 0 Å². The van der Waals surface area contributed by atoms with Crippen LogP contribution in [0.3, 0.4) is 0 Å². The fourth-order valence-electron chi connectivity index (χ4n) is 2.79. The quantitative estimate of drug-likeness (QED) is 0.894. The van der Waals surface area contributed by atoms with Gasteiger partial charge in [0, 0.05) is 18.3 Å². The molecule has 21 heavy (non-hydrogen) atoms. The predicted octanol–water partition coefficient (Wildman–Crippen LogP) is 3.57. The average molecular weight is 290 g/mol. The van der Waals surface area contributed by atoms with Gasteiger partial charge in [-0.05, 0) is 37.5 Å². The summed E-state index contributed by atoms with van der Waals surface area (Å²) in [5.74, 6) is -0.993. The average Bonchev–Trinajstić information content (AvgIpc) is 2.72. The largest absolute Gasteiger partial charge is 0.478 e. The van der Waals surface area contributed by atoms with Gasteiger partial charge in [-0.25, -0.2) is 9.59 Å². The molecule has 114 valence electrons. The summed E-state index contributed by atoms with van der Waals surface area (Å²) in [5, 5.41) is 11.8. The van der Waals surface area contributed by atoms with Gasteiger partial charge < -0.3 is 15.3 Å². The maximum Gasteiger partial charge on any atom is 0.335 e. The van der Waals surface area contributed by atoms with Gasteiger partial charge in [0.1, 0.15) is 0 Å². The van der Waals surface area contributed by atoms with E-state index in [1.807, 2.05) is 4.90 Å². The van der Waals surface area contributed by atoms with Crippen LogP contribution in [-0.2, 0) is 0 Å². The molecule has 0 spiro atoms. The first-order chi connectivity index (χ1) is 10.1. The molecule has 1 heterocycles. The minimum atomic E-state index is -0.993. The summed E-state index contributed by atoms with van der Waals surface area (Å²) in [5.41, 5.74) is 0.703. The number of nitrogens with one attached hydrogen (secondary N) is 1. The molecule has 2 N–H and O–H groups in total. The Hall–Kier alpha value is -2.04. The number of likely N-dealkylation sites (tertiary alicyclic amines) is 1. The second kappa shape index (κ2) is 7.11. The first-order valence-electron chi connectivity index (χ1n) is 7.52. The van der Waals surface area contributed by atoms with Crippen LogP contribution in [-0.4, -0.2) is 34.6 Å². The van der Waals surface area contributed by atoms with Gasteiger partial charge in [-0.1, -0.05) is 25.8 Å². The number of carboxylic acid groups (broad SMARTS) is 1. The molecule has 1 aromatic carbocycles. The van der Waals surface area contributed by atoms with E-state index in [4.69, 9.17) is 5.11 Å². The molecule has 1 atom stereocenters. The fourth-order valence-corrected chi connectivity index (χ4v) is 2.79. The highest BCUT2D eigenvalue weighted by Gasteiger charge is 2.24. The molecule has 1 unspecified atom stereocenters. The molecule has 2 rings (SSSR count). The van der Waals surface area contributed by atoms with Crippen molar-refractivity contribution < 1.29 is 14.7 Å². The third-order valence-electron chi connectivity index (χ3n) is 3.97. The summed E-state index contributed by atoms with van der Waals surface area (Å²) in [4.78, 5) is 25.3. The molecule has 0 aliphatic carbocycles. The van der Waals surface area contributed by atoms with Crippen molar-refractivity contribution in [1.82, 2.24) is 4.90 Å². The summed E-state index contributed by atoms with van der Waals surface area (Å²) in [6.45, 7) is 2.87. The van der Waals surface area contributed by atoms with E-state index in [0.29, 0.717) is 5.69 Å². The topological polar surface area (TPSA) is 69.6 Å². The normalized spacial score (nSPS) is 18.9. The lowest BCUT2D eigenvalue weighted by Crippen LogP contribution is -2.42. The van der Waals surface area contributed by atoms with Crippen LogP contribution in [0.2, 0.25) is 0 Å². The van der Waals surface area contributed by atoms with Crippen LogP contribution in [0.25, 0.3) is 0 Å². The van der Waals surface area contributed by atoms with Crippen molar-refractivity contribution in [2.75, 3.05) is 11.9 Å². The first-order valence-corrected chi connectivity index (χ1v) is 7.52. The number of carbonyl (C=O) groups is 2. The molecule has 0 saturated carbocycles. The Morgan fingerprint density at radius 3 is 2.86 bits per heavy atom. The Kier molecular flexibility index (Phi) is 5.20. The summed E-state index contributed by atoms with van der Waals surface area (Å²) in [6, 6.07) is 6.49. The van der Waals surface area contributed by atoms with Crippen molar-refractivity contribution in [1.29, 1.82) is 0 Å². The molecule has 0 bridgehead atoms. The second-order valence-corrected chi connectivity index (χ2v) is 5.42. The number of anilines is 1.